The number of rotatable bonds is 2. The Balaban J connectivity index is 2.08. The van der Waals surface area contributed by atoms with Crippen LogP contribution in [0.25, 0.3) is 5.76 Å². The number of allylic oxidation sites excluding steroid dienone is 2. The molecule has 7 nitrogen and oxygen atoms in total. The summed E-state index contributed by atoms with van der Waals surface area (Å²) in [5, 5.41) is 9.65. The first-order valence-electron chi connectivity index (χ1n) is 8.34. The molecule has 0 radical (unpaired) electrons. The fraction of sp³-hybridized carbons (Fsp3) is 0.158. The van der Waals surface area contributed by atoms with E-state index in [-0.39, 0.29) is 28.7 Å². The molecule has 4 rings (SSSR count). The second-order valence-electron chi connectivity index (χ2n) is 6.09. The summed E-state index contributed by atoms with van der Waals surface area (Å²) in [7, 11) is -3.93. The van der Waals surface area contributed by atoms with Crippen LogP contribution in [0.2, 0.25) is 0 Å². The lowest BCUT2D eigenvalue weighted by Gasteiger charge is -2.37. The number of sulfonamides is 1. The van der Waals surface area contributed by atoms with Gasteiger partial charge in [-0.3, -0.25) is 9.29 Å². The fourth-order valence-corrected chi connectivity index (χ4v) is 5.46. The molecule has 136 valence electrons. The molecule has 2 aromatic rings. The molecule has 0 fully saturated rings. The number of anilines is 1. The minimum atomic E-state index is -3.93. The van der Waals surface area contributed by atoms with E-state index in [1.54, 1.807) is 49.5 Å². The Morgan fingerprint density at radius 1 is 1.30 bits per heavy atom. The minimum Gasteiger partial charge on any atom is -0.439 e. The van der Waals surface area contributed by atoms with Crippen molar-refractivity contribution in [1.29, 1.82) is 5.26 Å². The lowest BCUT2D eigenvalue weighted by molar-refractivity contribution is 0.357. The Bertz CT molecular complexity index is 1130. The SMILES string of the molecule is CCN1c2ccccc2C2=C(C(c3cccnc3)C(C#N)=C(N)O2)S1(=O)=O. The summed E-state index contributed by atoms with van der Waals surface area (Å²) in [6.45, 7) is 2.01. The summed E-state index contributed by atoms with van der Waals surface area (Å²) >= 11 is 0. The van der Waals surface area contributed by atoms with E-state index in [9.17, 15) is 13.7 Å². The maximum absolute atomic E-state index is 13.5. The normalized spacial score (nSPS) is 20.4. The summed E-state index contributed by atoms with van der Waals surface area (Å²) in [6.07, 6.45) is 3.12. The summed E-state index contributed by atoms with van der Waals surface area (Å²) in [5.41, 5.74) is 7.78. The van der Waals surface area contributed by atoms with Gasteiger partial charge in [0.15, 0.2) is 5.76 Å². The minimum absolute atomic E-state index is 0.0156. The van der Waals surface area contributed by atoms with E-state index in [4.69, 9.17) is 10.5 Å². The number of benzene rings is 1. The van der Waals surface area contributed by atoms with Crippen LogP contribution in [0.3, 0.4) is 0 Å². The third kappa shape index (κ3) is 2.39. The van der Waals surface area contributed by atoms with Crippen LogP contribution in [0.5, 0.6) is 0 Å². The highest BCUT2D eigenvalue weighted by molar-refractivity contribution is 7.97. The number of nitrogens with zero attached hydrogens (tertiary/aromatic N) is 3. The maximum Gasteiger partial charge on any atom is 0.265 e. The van der Waals surface area contributed by atoms with Gasteiger partial charge in [-0.05, 0) is 30.7 Å². The van der Waals surface area contributed by atoms with Crippen LogP contribution in [0.15, 0.2) is 65.2 Å². The molecule has 0 spiro atoms. The van der Waals surface area contributed by atoms with Crippen LogP contribution in [0.4, 0.5) is 5.69 Å². The van der Waals surface area contributed by atoms with Crippen molar-refractivity contribution in [3.8, 4) is 6.07 Å². The molecule has 1 aromatic carbocycles. The van der Waals surface area contributed by atoms with Crippen LogP contribution in [-0.4, -0.2) is 19.9 Å². The van der Waals surface area contributed by atoms with Crippen LogP contribution in [0.1, 0.15) is 24.0 Å². The summed E-state index contributed by atoms with van der Waals surface area (Å²) < 4.78 is 34.0. The smallest absolute Gasteiger partial charge is 0.265 e. The van der Waals surface area contributed by atoms with Crippen molar-refractivity contribution in [2.24, 2.45) is 5.73 Å². The third-order valence-corrected chi connectivity index (χ3v) is 6.68. The van der Waals surface area contributed by atoms with Gasteiger partial charge in [0.1, 0.15) is 16.5 Å². The first-order valence-corrected chi connectivity index (χ1v) is 9.78. The molecule has 1 unspecified atom stereocenters. The number of hydrogen-bond donors (Lipinski definition) is 1. The lowest BCUT2D eigenvalue weighted by Crippen LogP contribution is -2.39. The summed E-state index contributed by atoms with van der Waals surface area (Å²) in [4.78, 5) is 4.09. The van der Waals surface area contributed by atoms with E-state index < -0.39 is 15.9 Å². The van der Waals surface area contributed by atoms with Crippen molar-refractivity contribution in [3.63, 3.8) is 0 Å². The van der Waals surface area contributed by atoms with E-state index in [0.717, 1.165) is 0 Å². The molecule has 0 bridgehead atoms. The molecular formula is C19H16N4O3S. The monoisotopic (exact) mass is 380 g/mol. The standard InChI is InChI=1S/C19H16N4O3S/c1-2-23-15-8-4-3-7-13(15)17-18(27(23,24)25)16(12-6-5-9-22-11-12)14(10-20)19(21)26-17/h3-9,11,16H,2,21H2,1H3. The number of nitrogens with two attached hydrogens (primary N) is 1. The van der Waals surface area contributed by atoms with Crippen molar-refractivity contribution in [3.05, 3.63) is 76.3 Å². The zero-order valence-corrected chi connectivity index (χ0v) is 15.3. The average molecular weight is 380 g/mol. The number of hydrogen-bond acceptors (Lipinski definition) is 6. The van der Waals surface area contributed by atoms with E-state index in [1.807, 2.05) is 6.07 Å². The molecular weight excluding hydrogens is 364 g/mol. The predicted molar refractivity (Wildman–Crippen MR) is 100 cm³/mol. The zero-order valence-electron chi connectivity index (χ0n) is 14.5. The van der Waals surface area contributed by atoms with E-state index in [0.29, 0.717) is 16.8 Å². The molecule has 0 saturated carbocycles. The van der Waals surface area contributed by atoms with E-state index in [1.165, 1.54) is 10.5 Å². The molecule has 0 aliphatic carbocycles. The van der Waals surface area contributed by atoms with Crippen molar-refractivity contribution in [1.82, 2.24) is 4.98 Å². The molecule has 2 aliphatic rings. The van der Waals surface area contributed by atoms with Gasteiger partial charge in [0.2, 0.25) is 5.88 Å². The molecule has 2 N–H and O–H groups in total. The molecule has 8 heteroatoms. The van der Waals surface area contributed by atoms with Crippen LogP contribution < -0.4 is 10.0 Å². The lowest BCUT2D eigenvalue weighted by atomic mass is 9.89. The Morgan fingerprint density at radius 2 is 2.07 bits per heavy atom. The highest BCUT2D eigenvalue weighted by atomic mass is 32.2. The number of nitriles is 1. The van der Waals surface area contributed by atoms with Crippen LogP contribution >= 0.6 is 0 Å². The maximum atomic E-state index is 13.5. The summed E-state index contributed by atoms with van der Waals surface area (Å²) in [5.74, 6) is -0.805. The molecule has 0 saturated heterocycles. The topological polar surface area (TPSA) is 109 Å². The first-order chi connectivity index (χ1) is 13.0. The van der Waals surface area contributed by atoms with Gasteiger partial charge in [-0.25, -0.2) is 8.42 Å². The molecule has 0 amide bonds. The van der Waals surface area contributed by atoms with Crippen molar-refractivity contribution in [2.45, 2.75) is 12.8 Å². The predicted octanol–water partition coefficient (Wildman–Crippen LogP) is 2.43. The largest absolute Gasteiger partial charge is 0.439 e. The number of pyridine rings is 1. The second-order valence-corrected chi connectivity index (χ2v) is 7.92. The van der Waals surface area contributed by atoms with Gasteiger partial charge < -0.3 is 10.5 Å². The highest BCUT2D eigenvalue weighted by Crippen LogP contribution is 2.50. The first kappa shape index (κ1) is 17.1. The Labute approximate surface area is 157 Å². The summed E-state index contributed by atoms with van der Waals surface area (Å²) in [6, 6.07) is 12.5. The Hall–Kier alpha value is -3.31. The molecule has 3 heterocycles. The van der Waals surface area contributed by atoms with Crippen LogP contribution in [0, 0.1) is 11.3 Å². The molecule has 2 aliphatic heterocycles. The number of ether oxygens (including phenoxy) is 1. The van der Waals surface area contributed by atoms with Crippen molar-refractivity contribution < 1.29 is 13.2 Å². The second kappa shape index (κ2) is 6.14. The van der Waals surface area contributed by atoms with Crippen molar-refractivity contribution >= 4 is 21.5 Å². The van der Waals surface area contributed by atoms with E-state index >= 15 is 0 Å². The number of aromatic nitrogens is 1. The quantitative estimate of drug-likeness (QED) is 0.857. The van der Waals surface area contributed by atoms with Crippen molar-refractivity contribution in [2.75, 3.05) is 10.8 Å². The van der Waals surface area contributed by atoms with Gasteiger partial charge in [-0.15, -0.1) is 0 Å². The zero-order chi connectivity index (χ0) is 19.2. The highest BCUT2D eigenvalue weighted by Gasteiger charge is 2.46. The van der Waals surface area contributed by atoms with E-state index in [2.05, 4.69) is 4.98 Å². The average Bonchev–Trinajstić information content (AvgIpc) is 2.68. The van der Waals surface area contributed by atoms with Gasteiger partial charge in [-0.2, -0.15) is 5.26 Å². The van der Waals surface area contributed by atoms with Gasteiger partial charge in [0.05, 0.1) is 11.6 Å². The fourth-order valence-electron chi connectivity index (χ4n) is 3.53. The number of para-hydroxylation sites is 1. The van der Waals surface area contributed by atoms with Gasteiger partial charge >= 0.3 is 0 Å². The van der Waals surface area contributed by atoms with Gasteiger partial charge in [0.25, 0.3) is 10.0 Å². The van der Waals surface area contributed by atoms with Gasteiger partial charge in [-0.1, -0.05) is 18.2 Å². The number of fused-ring (bicyclic) bond motifs is 2. The van der Waals surface area contributed by atoms with Crippen LogP contribution in [-0.2, 0) is 14.8 Å². The molecule has 1 atom stereocenters. The molecule has 27 heavy (non-hydrogen) atoms. The van der Waals surface area contributed by atoms with Gasteiger partial charge in [0, 0.05) is 24.5 Å². The molecule has 1 aromatic heterocycles. The third-order valence-electron chi connectivity index (χ3n) is 4.66. The Kier molecular flexibility index (Phi) is 3.89. The Morgan fingerprint density at radius 3 is 2.74 bits per heavy atom.